The topological polar surface area (TPSA) is 49.6 Å². The van der Waals surface area contributed by atoms with Crippen molar-refractivity contribution in [1.82, 2.24) is 19.8 Å². The van der Waals surface area contributed by atoms with E-state index in [4.69, 9.17) is 0 Å². The van der Waals surface area contributed by atoms with Gasteiger partial charge in [-0.05, 0) is 50.1 Å². The Kier molecular flexibility index (Phi) is 5.79. The number of fused-ring (bicyclic) bond motifs is 1. The summed E-state index contributed by atoms with van der Waals surface area (Å²) in [4.78, 5) is 15.5. The van der Waals surface area contributed by atoms with Crippen molar-refractivity contribution in [2.45, 2.75) is 46.1 Å². The molecule has 164 valence electrons. The molecule has 1 aromatic carbocycles. The Morgan fingerprint density at radius 1 is 1.19 bits per heavy atom. The first kappa shape index (κ1) is 21.4. The third kappa shape index (κ3) is 3.82. The lowest BCUT2D eigenvalue weighted by Crippen LogP contribution is -2.37. The standard InChI is InChI=1S/C24H28F2N4O/c1-5-29-12-11-16(13-29)27-24(31)17-9-10-20-21(22-18(25)7-6-8-19(22)26)15(4)28-30(20)23(17)14(2)3/h6-10,14,16H,5,11-13H2,1-4H3,(H,27,31). The predicted molar refractivity (Wildman–Crippen MR) is 117 cm³/mol. The van der Waals surface area contributed by atoms with Crippen molar-refractivity contribution in [3.8, 4) is 11.1 Å². The molecule has 3 aromatic rings. The summed E-state index contributed by atoms with van der Waals surface area (Å²) in [5.41, 5.74) is 2.69. The SMILES string of the molecule is CCN1CCC(NC(=O)c2ccc3c(-c4c(F)cccc4F)c(C)nn3c2C(C)C)C1. The van der Waals surface area contributed by atoms with E-state index in [2.05, 4.69) is 22.2 Å². The molecule has 4 rings (SSSR count). The highest BCUT2D eigenvalue weighted by atomic mass is 19.1. The van der Waals surface area contributed by atoms with E-state index in [1.807, 2.05) is 13.8 Å². The zero-order chi connectivity index (χ0) is 22.3. The number of nitrogens with zero attached hydrogens (tertiary/aromatic N) is 3. The first-order valence-electron chi connectivity index (χ1n) is 10.8. The molecule has 1 amide bonds. The second kappa shape index (κ2) is 8.38. The molecule has 1 fully saturated rings. The summed E-state index contributed by atoms with van der Waals surface area (Å²) in [5, 5.41) is 7.74. The normalized spacial score (nSPS) is 17.1. The summed E-state index contributed by atoms with van der Waals surface area (Å²) < 4.78 is 30.7. The molecule has 0 saturated carbocycles. The predicted octanol–water partition coefficient (Wildman–Crippen LogP) is 4.54. The quantitative estimate of drug-likeness (QED) is 0.652. The minimum absolute atomic E-state index is 0.0159. The van der Waals surface area contributed by atoms with Crippen LogP contribution in [0.1, 0.15) is 54.9 Å². The average Bonchev–Trinajstić information content (AvgIpc) is 3.30. The van der Waals surface area contributed by atoms with Gasteiger partial charge in [0.1, 0.15) is 11.6 Å². The number of halogens is 2. The molecular formula is C24H28F2N4O. The molecule has 2 aromatic heterocycles. The number of carbonyl (C=O) groups is 1. The largest absolute Gasteiger partial charge is 0.348 e. The lowest BCUT2D eigenvalue weighted by Gasteiger charge is -2.18. The Hall–Kier alpha value is -2.80. The van der Waals surface area contributed by atoms with Gasteiger partial charge in [0, 0.05) is 24.7 Å². The average molecular weight is 427 g/mol. The molecule has 31 heavy (non-hydrogen) atoms. The fraction of sp³-hybridized carbons (Fsp3) is 0.417. The van der Waals surface area contributed by atoms with Crippen LogP contribution in [0.25, 0.3) is 16.6 Å². The van der Waals surface area contributed by atoms with Gasteiger partial charge in [0.05, 0.1) is 28.0 Å². The molecule has 1 N–H and O–H groups in total. The van der Waals surface area contributed by atoms with Crippen LogP contribution in [0.2, 0.25) is 0 Å². The van der Waals surface area contributed by atoms with Gasteiger partial charge in [-0.2, -0.15) is 5.10 Å². The summed E-state index contributed by atoms with van der Waals surface area (Å²) in [6.45, 7) is 10.6. The monoisotopic (exact) mass is 426 g/mol. The van der Waals surface area contributed by atoms with E-state index in [9.17, 15) is 13.6 Å². The number of aryl methyl sites for hydroxylation is 1. The Balaban J connectivity index is 1.79. The van der Waals surface area contributed by atoms with Crippen LogP contribution in [-0.2, 0) is 0 Å². The van der Waals surface area contributed by atoms with E-state index < -0.39 is 11.6 Å². The van der Waals surface area contributed by atoms with E-state index in [0.29, 0.717) is 22.3 Å². The summed E-state index contributed by atoms with van der Waals surface area (Å²) in [7, 11) is 0. The molecule has 0 spiro atoms. The molecular weight excluding hydrogens is 398 g/mol. The number of amides is 1. The minimum atomic E-state index is -0.632. The van der Waals surface area contributed by atoms with Gasteiger partial charge in [0.2, 0.25) is 0 Å². The van der Waals surface area contributed by atoms with Crippen LogP contribution < -0.4 is 5.32 Å². The summed E-state index contributed by atoms with van der Waals surface area (Å²) in [6.07, 6.45) is 0.927. The lowest BCUT2D eigenvalue weighted by molar-refractivity contribution is 0.0935. The molecule has 1 saturated heterocycles. The van der Waals surface area contributed by atoms with Gasteiger partial charge >= 0.3 is 0 Å². The number of hydrogen-bond donors (Lipinski definition) is 1. The Morgan fingerprint density at radius 3 is 2.52 bits per heavy atom. The number of nitrogens with one attached hydrogen (secondary N) is 1. The fourth-order valence-corrected chi connectivity index (χ4v) is 4.54. The zero-order valence-corrected chi connectivity index (χ0v) is 18.4. The maximum absolute atomic E-state index is 14.5. The maximum atomic E-state index is 14.5. The molecule has 0 aliphatic carbocycles. The fourth-order valence-electron chi connectivity index (χ4n) is 4.54. The van der Waals surface area contributed by atoms with Crippen LogP contribution in [0.5, 0.6) is 0 Å². The van der Waals surface area contributed by atoms with Crippen LogP contribution in [0.15, 0.2) is 30.3 Å². The third-order valence-electron chi connectivity index (χ3n) is 6.07. The third-order valence-corrected chi connectivity index (χ3v) is 6.07. The van der Waals surface area contributed by atoms with Crippen LogP contribution >= 0.6 is 0 Å². The van der Waals surface area contributed by atoms with Gasteiger partial charge in [-0.25, -0.2) is 13.3 Å². The van der Waals surface area contributed by atoms with Crippen LogP contribution in [-0.4, -0.2) is 46.1 Å². The first-order valence-corrected chi connectivity index (χ1v) is 10.8. The molecule has 7 heteroatoms. The van der Waals surface area contributed by atoms with Gasteiger partial charge in [0.15, 0.2) is 0 Å². The number of benzene rings is 1. The van der Waals surface area contributed by atoms with E-state index in [-0.39, 0.29) is 23.4 Å². The van der Waals surface area contributed by atoms with Crippen molar-refractivity contribution >= 4 is 11.4 Å². The number of likely N-dealkylation sites (tertiary alicyclic amines) is 1. The van der Waals surface area contributed by atoms with Crippen molar-refractivity contribution in [2.75, 3.05) is 19.6 Å². The van der Waals surface area contributed by atoms with Crippen LogP contribution in [0, 0.1) is 18.6 Å². The van der Waals surface area contributed by atoms with Crippen molar-refractivity contribution in [3.05, 3.63) is 58.9 Å². The summed E-state index contributed by atoms with van der Waals surface area (Å²) >= 11 is 0. The minimum Gasteiger partial charge on any atom is -0.348 e. The molecule has 1 aliphatic heterocycles. The second-order valence-electron chi connectivity index (χ2n) is 8.49. The van der Waals surface area contributed by atoms with Gasteiger partial charge in [0.25, 0.3) is 5.91 Å². The van der Waals surface area contributed by atoms with Crippen molar-refractivity contribution in [2.24, 2.45) is 0 Å². The van der Waals surface area contributed by atoms with Gasteiger partial charge in [-0.3, -0.25) is 4.79 Å². The van der Waals surface area contributed by atoms with E-state index in [1.54, 1.807) is 23.6 Å². The highest BCUT2D eigenvalue weighted by molar-refractivity contribution is 5.97. The zero-order valence-electron chi connectivity index (χ0n) is 18.4. The molecule has 1 atom stereocenters. The Morgan fingerprint density at radius 2 is 1.90 bits per heavy atom. The molecule has 1 unspecified atom stereocenters. The summed E-state index contributed by atoms with van der Waals surface area (Å²) in [5.74, 6) is -1.42. The van der Waals surface area contributed by atoms with Gasteiger partial charge < -0.3 is 10.2 Å². The number of carbonyl (C=O) groups excluding carboxylic acids is 1. The van der Waals surface area contributed by atoms with Crippen molar-refractivity contribution < 1.29 is 13.6 Å². The van der Waals surface area contributed by atoms with Crippen LogP contribution in [0.4, 0.5) is 8.78 Å². The Bertz CT molecular complexity index is 1120. The van der Waals surface area contributed by atoms with Crippen LogP contribution in [0.3, 0.4) is 0 Å². The number of pyridine rings is 1. The van der Waals surface area contributed by atoms with E-state index >= 15 is 0 Å². The number of likely N-dealkylation sites (N-methyl/N-ethyl adjacent to an activating group) is 1. The molecule has 1 aliphatic rings. The van der Waals surface area contributed by atoms with Crippen molar-refractivity contribution in [1.29, 1.82) is 0 Å². The number of hydrogen-bond acceptors (Lipinski definition) is 3. The molecule has 5 nitrogen and oxygen atoms in total. The first-order chi connectivity index (χ1) is 14.8. The summed E-state index contributed by atoms with van der Waals surface area (Å²) in [6, 6.07) is 7.43. The number of aromatic nitrogens is 2. The molecule has 0 bridgehead atoms. The van der Waals surface area contributed by atoms with Crippen molar-refractivity contribution in [3.63, 3.8) is 0 Å². The smallest absolute Gasteiger partial charge is 0.253 e. The Labute approximate surface area is 181 Å². The van der Waals surface area contributed by atoms with Gasteiger partial charge in [-0.1, -0.05) is 26.8 Å². The van der Waals surface area contributed by atoms with E-state index in [1.165, 1.54) is 18.2 Å². The van der Waals surface area contributed by atoms with E-state index in [0.717, 1.165) is 31.7 Å². The second-order valence-corrected chi connectivity index (χ2v) is 8.49. The molecule has 0 radical (unpaired) electrons. The lowest BCUT2D eigenvalue weighted by atomic mass is 9.99. The van der Waals surface area contributed by atoms with Gasteiger partial charge in [-0.15, -0.1) is 0 Å². The number of rotatable bonds is 5. The highest BCUT2D eigenvalue weighted by Gasteiger charge is 2.27. The maximum Gasteiger partial charge on any atom is 0.253 e. The highest BCUT2D eigenvalue weighted by Crippen LogP contribution is 2.34. The molecule has 3 heterocycles.